The Labute approximate surface area is 116 Å². The van der Waals surface area contributed by atoms with Crippen LogP contribution in [0.3, 0.4) is 0 Å². The zero-order chi connectivity index (χ0) is 12.1. The summed E-state index contributed by atoms with van der Waals surface area (Å²) in [4.78, 5) is 14.2. The number of nitrogens with one attached hydrogen (secondary N) is 1. The zero-order valence-electron chi connectivity index (χ0n) is 11.2. The first kappa shape index (κ1) is 15.7. The molecule has 2 aliphatic heterocycles. The molecule has 0 aliphatic carbocycles. The lowest BCUT2D eigenvalue weighted by molar-refractivity contribution is -0.134. The van der Waals surface area contributed by atoms with Crippen molar-refractivity contribution in [2.75, 3.05) is 32.8 Å². The number of halogens is 1. The molecule has 0 aromatic rings. The highest BCUT2D eigenvalue weighted by Crippen LogP contribution is 2.17. The minimum atomic E-state index is 0. The number of hydrogen-bond acceptors (Lipinski definition) is 3. The molecule has 2 fully saturated rings. The predicted molar refractivity (Wildman–Crippen MR) is 74.1 cm³/mol. The SMILES string of the molecule is CC1CCCN(C(=O)CC2CNCCO2)CC1.Cl. The van der Waals surface area contributed by atoms with Gasteiger partial charge < -0.3 is 15.0 Å². The van der Waals surface area contributed by atoms with Gasteiger partial charge in [-0.2, -0.15) is 0 Å². The summed E-state index contributed by atoms with van der Waals surface area (Å²) in [6.45, 7) is 6.60. The van der Waals surface area contributed by atoms with Gasteiger partial charge in [0.2, 0.25) is 5.91 Å². The van der Waals surface area contributed by atoms with Crippen molar-refractivity contribution in [1.29, 1.82) is 0 Å². The third-order valence-electron chi connectivity index (χ3n) is 3.78. The molecule has 2 aliphatic rings. The normalized spacial score (nSPS) is 29.3. The van der Waals surface area contributed by atoms with Gasteiger partial charge in [0.05, 0.1) is 19.1 Å². The van der Waals surface area contributed by atoms with Crippen molar-refractivity contribution in [2.45, 2.75) is 38.7 Å². The number of morpholine rings is 1. The smallest absolute Gasteiger partial charge is 0.225 e. The molecule has 2 heterocycles. The van der Waals surface area contributed by atoms with Crippen LogP contribution in [0.4, 0.5) is 0 Å². The van der Waals surface area contributed by atoms with Crippen LogP contribution in [0.25, 0.3) is 0 Å². The zero-order valence-corrected chi connectivity index (χ0v) is 12.0. The largest absolute Gasteiger partial charge is 0.375 e. The molecule has 0 bridgehead atoms. The maximum atomic E-state index is 12.1. The molecule has 4 nitrogen and oxygen atoms in total. The lowest BCUT2D eigenvalue weighted by atomic mass is 10.0. The molecule has 0 aromatic heterocycles. The van der Waals surface area contributed by atoms with E-state index in [0.717, 1.165) is 51.5 Å². The highest BCUT2D eigenvalue weighted by Gasteiger charge is 2.23. The van der Waals surface area contributed by atoms with Crippen molar-refractivity contribution < 1.29 is 9.53 Å². The van der Waals surface area contributed by atoms with E-state index in [2.05, 4.69) is 12.2 Å². The summed E-state index contributed by atoms with van der Waals surface area (Å²) < 4.78 is 5.58. The molecule has 18 heavy (non-hydrogen) atoms. The van der Waals surface area contributed by atoms with Crippen LogP contribution in [-0.4, -0.2) is 49.7 Å². The fraction of sp³-hybridized carbons (Fsp3) is 0.923. The first-order chi connectivity index (χ1) is 8.25. The Hall–Kier alpha value is -0.320. The predicted octanol–water partition coefficient (Wildman–Crippen LogP) is 1.44. The quantitative estimate of drug-likeness (QED) is 0.830. The Kier molecular flexibility index (Phi) is 6.97. The van der Waals surface area contributed by atoms with E-state index in [1.54, 1.807) is 0 Å². The van der Waals surface area contributed by atoms with Gasteiger partial charge in [-0.1, -0.05) is 6.92 Å². The van der Waals surface area contributed by atoms with E-state index in [4.69, 9.17) is 4.74 Å². The molecule has 2 saturated heterocycles. The molecule has 0 saturated carbocycles. The Morgan fingerprint density at radius 3 is 2.94 bits per heavy atom. The number of amides is 1. The van der Waals surface area contributed by atoms with Gasteiger partial charge in [-0.25, -0.2) is 0 Å². The average Bonchev–Trinajstić information content (AvgIpc) is 2.55. The fourth-order valence-electron chi connectivity index (χ4n) is 2.59. The van der Waals surface area contributed by atoms with E-state index in [1.807, 2.05) is 4.90 Å². The van der Waals surface area contributed by atoms with Crippen LogP contribution >= 0.6 is 12.4 Å². The number of carbonyl (C=O) groups is 1. The minimum Gasteiger partial charge on any atom is -0.375 e. The molecule has 2 atom stereocenters. The number of hydrogen-bond donors (Lipinski definition) is 1. The van der Waals surface area contributed by atoms with E-state index in [1.165, 1.54) is 6.42 Å². The first-order valence-electron chi connectivity index (χ1n) is 6.86. The van der Waals surface area contributed by atoms with Crippen molar-refractivity contribution in [2.24, 2.45) is 5.92 Å². The van der Waals surface area contributed by atoms with Gasteiger partial charge in [-0.05, 0) is 25.2 Å². The summed E-state index contributed by atoms with van der Waals surface area (Å²) in [6, 6.07) is 0. The van der Waals surface area contributed by atoms with Gasteiger partial charge in [-0.3, -0.25) is 4.79 Å². The van der Waals surface area contributed by atoms with Crippen LogP contribution in [0.5, 0.6) is 0 Å². The summed E-state index contributed by atoms with van der Waals surface area (Å²) in [5, 5.41) is 3.27. The maximum absolute atomic E-state index is 12.1. The molecular weight excluding hydrogens is 252 g/mol. The molecule has 2 rings (SSSR count). The van der Waals surface area contributed by atoms with Crippen LogP contribution in [0.1, 0.15) is 32.6 Å². The van der Waals surface area contributed by atoms with E-state index >= 15 is 0 Å². The van der Waals surface area contributed by atoms with Crippen LogP contribution in [0.2, 0.25) is 0 Å². The van der Waals surface area contributed by atoms with Gasteiger partial charge >= 0.3 is 0 Å². The molecule has 0 spiro atoms. The third kappa shape index (κ3) is 4.75. The number of rotatable bonds is 2. The second kappa shape index (κ2) is 7.97. The van der Waals surface area contributed by atoms with Gasteiger partial charge in [0, 0.05) is 26.2 Å². The Morgan fingerprint density at radius 2 is 2.22 bits per heavy atom. The standard InChI is InChI=1S/C13H24N2O2.ClH/c1-11-3-2-6-15(7-4-11)13(16)9-12-10-14-5-8-17-12;/h11-12,14H,2-10H2,1H3;1H. The summed E-state index contributed by atoms with van der Waals surface area (Å²) in [7, 11) is 0. The molecule has 0 radical (unpaired) electrons. The third-order valence-corrected chi connectivity index (χ3v) is 3.78. The molecular formula is C13H25ClN2O2. The van der Waals surface area contributed by atoms with Crippen LogP contribution < -0.4 is 5.32 Å². The topological polar surface area (TPSA) is 41.6 Å². The Morgan fingerprint density at radius 1 is 1.39 bits per heavy atom. The second-order valence-electron chi connectivity index (χ2n) is 5.32. The molecule has 2 unspecified atom stereocenters. The molecule has 1 amide bonds. The van der Waals surface area contributed by atoms with Crippen molar-refractivity contribution in [3.05, 3.63) is 0 Å². The average molecular weight is 277 g/mol. The van der Waals surface area contributed by atoms with E-state index in [-0.39, 0.29) is 24.4 Å². The van der Waals surface area contributed by atoms with Crippen molar-refractivity contribution in [3.63, 3.8) is 0 Å². The van der Waals surface area contributed by atoms with Gasteiger partial charge in [0.1, 0.15) is 0 Å². The lowest BCUT2D eigenvalue weighted by Crippen LogP contribution is -2.42. The lowest BCUT2D eigenvalue weighted by Gasteiger charge is -2.26. The molecule has 0 aromatic carbocycles. The van der Waals surface area contributed by atoms with Crippen molar-refractivity contribution in [3.8, 4) is 0 Å². The first-order valence-corrected chi connectivity index (χ1v) is 6.86. The second-order valence-corrected chi connectivity index (χ2v) is 5.32. The van der Waals surface area contributed by atoms with Gasteiger partial charge in [0.15, 0.2) is 0 Å². The summed E-state index contributed by atoms with van der Waals surface area (Å²) in [5.74, 6) is 1.04. The van der Waals surface area contributed by atoms with Crippen LogP contribution in [0, 0.1) is 5.92 Å². The highest BCUT2D eigenvalue weighted by molar-refractivity contribution is 5.85. The molecule has 5 heteroatoms. The van der Waals surface area contributed by atoms with Crippen molar-refractivity contribution >= 4 is 18.3 Å². The summed E-state index contributed by atoms with van der Waals surface area (Å²) >= 11 is 0. The van der Waals surface area contributed by atoms with E-state index < -0.39 is 0 Å². The molecule has 1 N–H and O–H groups in total. The Bertz CT molecular complexity index is 257. The maximum Gasteiger partial charge on any atom is 0.225 e. The van der Waals surface area contributed by atoms with E-state index in [0.29, 0.717) is 6.42 Å². The summed E-state index contributed by atoms with van der Waals surface area (Å²) in [5.41, 5.74) is 0. The number of likely N-dealkylation sites (tertiary alicyclic amines) is 1. The van der Waals surface area contributed by atoms with Crippen LogP contribution in [0.15, 0.2) is 0 Å². The van der Waals surface area contributed by atoms with E-state index in [9.17, 15) is 4.79 Å². The highest BCUT2D eigenvalue weighted by atomic mass is 35.5. The fourth-order valence-corrected chi connectivity index (χ4v) is 2.59. The van der Waals surface area contributed by atoms with Crippen molar-refractivity contribution in [1.82, 2.24) is 10.2 Å². The number of nitrogens with zero attached hydrogens (tertiary/aromatic N) is 1. The summed E-state index contributed by atoms with van der Waals surface area (Å²) in [6.07, 6.45) is 4.18. The van der Waals surface area contributed by atoms with Crippen LogP contribution in [-0.2, 0) is 9.53 Å². The van der Waals surface area contributed by atoms with Gasteiger partial charge in [0.25, 0.3) is 0 Å². The van der Waals surface area contributed by atoms with Gasteiger partial charge in [-0.15, -0.1) is 12.4 Å². The monoisotopic (exact) mass is 276 g/mol. The minimum absolute atomic E-state index is 0. The molecule has 106 valence electrons. The number of ether oxygens (including phenoxy) is 1. The Balaban J connectivity index is 0.00000162. The number of carbonyl (C=O) groups excluding carboxylic acids is 1.